The Bertz CT molecular complexity index is 3140. The molecule has 0 N–H and O–H groups in total. The monoisotopic (exact) mass is 745 g/mol. The van der Waals surface area contributed by atoms with Gasteiger partial charge in [0.2, 0.25) is 0 Å². The summed E-state index contributed by atoms with van der Waals surface area (Å²) in [5, 5.41) is 5.09. The molecule has 2 heteroatoms. The van der Waals surface area contributed by atoms with E-state index in [2.05, 4.69) is 219 Å². The molecular formula is C55H39NS. The Balaban J connectivity index is 1.26. The zero-order valence-electron chi connectivity index (χ0n) is 31.9. The quantitative estimate of drug-likeness (QED) is 0.164. The molecule has 9 aromatic carbocycles. The van der Waals surface area contributed by atoms with E-state index in [1.165, 1.54) is 92.3 Å². The number of hydrogen-bond acceptors (Lipinski definition) is 2. The molecule has 0 unspecified atom stereocenters. The van der Waals surface area contributed by atoms with E-state index in [1.807, 2.05) is 11.3 Å². The maximum atomic E-state index is 2.59. The average molecular weight is 746 g/mol. The molecule has 0 bridgehead atoms. The van der Waals surface area contributed by atoms with E-state index in [-0.39, 0.29) is 5.41 Å². The first kappa shape index (κ1) is 33.6. The normalized spacial score (nSPS) is 12.9. The Morgan fingerprint density at radius 3 is 1.75 bits per heavy atom. The highest BCUT2D eigenvalue weighted by molar-refractivity contribution is 7.26. The molecular weight excluding hydrogens is 707 g/mol. The van der Waals surface area contributed by atoms with E-state index in [1.54, 1.807) is 0 Å². The fraction of sp³-hybridized carbons (Fsp3) is 0.0545. The molecule has 11 rings (SSSR count). The number of rotatable bonds is 6. The number of thiophene rings is 1. The van der Waals surface area contributed by atoms with Gasteiger partial charge in [0.25, 0.3) is 0 Å². The van der Waals surface area contributed by atoms with Crippen LogP contribution >= 0.6 is 11.3 Å². The Hall–Kier alpha value is -6.74. The number of fused-ring (bicyclic) bond motifs is 8. The summed E-state index contributed by atoms with van der Waals surface area (Å²) in [4.78, 5) is 2.59. The first-order valence-electron chi connectivity index (χ1n) is 19.8. The fourth-order valence-corrected chi connectivity index (χ4v) is 10.6. The lowest BCUT2D eigenvalue weighted by molar-refractivity contribution is 0.660. The average Bonchev–Trinajstić information content (AvgIpc) is 3.77. The third-order valence-corrected chi connectivity index (χ3v) is 13.3. The van der Waals surface area contributed by atoms with Gasteiger partial charge in [0.15, 0.2) is 0 Å². The van der Waals surface area contributed by atoms with Crippen LogP contribution in [0.15, 0.2) is 200 Å². The Morgan fingerprint density at radius 2 is 0.982 bits per heavy atom. The summed E-state index contributed by atoms with van der Waals surface area (Å²) in [5.41, 5.74) is 15.9. The molecule has 57 heavy (non-hydrogen) atoms. The van der Waals surface area contributed by atoms with Gasteiger partial charge in [0, 0.05) is 47.8 Å². The van der Waals surface area contributed by atoms with Gasteiger partial charge in [-0.25, -0.2) is 0 Å². The third kappa shape index (κ3) is 5.29. The van der Waals surface area contributed by atoms with Gasteiger partial charge in [0.1, 0.15) is 0 Å². The van der Waals surface area contributed by atoms with E-state index < -0.39 is 0 Å². The van der Waals surface area contributed by atoms with Crippen molar-refractivity contribution in [3.05, 3.63) is 211 Å². The van der Waals surface area contributed by atoms with E-state index in [0.717, 1.165) is 11.4 Å². The van der Waals surface area contributed by atoms with E-state index in [0.29, 0.717) is 0 Å². The predicted molar refractivity (Wildman–Crippen MR) is 245 cm³/mol. The van der Waals surface area contributed by atoms with Crippen molar-refractivity contribution >= 4 is 59.3 Å². The topological polar surface area (TPSA) is 3.24 Å². The molecule has 0 radical (unpaired) electrons. The van der Waals surface area contributed by atoms with Crippen LogP contribution in [0.4, 0.5) is 17.1 Å². The molecule has 1 aliphatic rings. The summed E-state index contributed by atoms with van der Waals surface area (Å²) in [6.07, 6.45) is 0. The Labute approximate surface area is 337 Å². The van der Waals surface area contributed by atoms with Crippen LogP contribution < -0.4 is 4.90 Å². The molecule has 1 nitrogen and oxygen atoms in total. The van der Waals surface area contributed by atoms with Crippen molar-refractivity contribution in [2.24, 2.45) is 0 Å². The molecule has 0 aliphatic heterocycles. The van der Waals surface area contributed by atoms with Gasteiger partial charge in [-0.2, -0.15) is 0 Å². The molecule has 1 heterocycles. The van der Waals surface area contributed by atoms with Crippen molar-refractivity contribution in [3.63, 3.8) is 0 Å². The van der Waals surface area contributed by atoms with Gasteiger partial charge < -0.3 is 4.90 Å². The minimum Gasteiger partial charge on any atom is -0.309 e. The lowest BCUT2D eigenvalue weighted by Crippen LogP contribution is -2.17. The number of nitrogens with zero attached hydrogens (tertiary/aromatic N) is 1. The van der Waals surface area contributed by atoms with Crippen LogP contribution in [-0.4, -0.2) is 0 Å². The van der Waals surface area contributed by atoms with Gasteiger partial charge in [-0.1, -0.05) is 190 Å². The van der Waals surface area contributed by atoms with Crippen LogP contribution in [0.2, 0.25) is 0 Å². The summed E-state index contributed by atoms with van der Waals surface area (Å²) in [7, 11) is 0. The largest absolute Gasteiger partial charge is 0.309 e. The Morgan fingerprint density at radius 1 is 0.421 bits per heavy atom. The minimum absolute atomic E-state index is 0.156. The summed E-state index contributed by atoms with van der Waals surface area (Å²) >= 11 is 1.90. The van der Waals surface area contributed by atoms with E-state index in [4.69, 9.17) is 0 Å². The van der Waals surface area contributed by atoms with Crippen LogP contribution in [-0.2, 0) is 5.41 Å². The Kier molecular flexibility index (Phi) is 7.77. The van der Waals surface area contributed by atoms with Gasteiger partial charge in [-0.05, 0) is 74.2 Å². The molecule has 1 aliphatic carbocycles. The molecule has 0 saturated heterocycles. The highest BCUT2D eigenvalue weighted by atomic mass is 32.1. The van der Waals surface area contributed by atoms with Crippen molar-refractivity contribution in [2.75, 3.05) is 4.90 Å². The number of benzene rings is 9. The predicted octanol–water partition coefficient (Wildman–Crippen LogP) is 16.0. The summed E-state index contributed by atoms with van der Waals surface area (Å²) in [6, 6.07) is 73.9. The lowest BCUT2D eigenvalue weighted by atomic mass is 9.82. The van der Waals surface area contributed by atoms with Crippen molar-refractivity contribution in [1.82, 2.24) is 0 Å². The highest BCUT2D eigenvalue weighted by Crippen LogP contribution is 2.56. The molecule has 270 valence electrons. The molecule has 1 aromatic heterocycles. The smallest absolute Gasteiger partial charge is 0.0639 e. The van der Waals surface area contributed by atoms with Crippen molar-refractivity contribution in [3.8, 4) is 44.5 Å². The van der Waals surface area contributed by atoms with Crippen LogP contribution in [0.5, 0.6) is 0 Å². The molecule has 0 fully saturated rings. The van der Waals surface area contributed by atoms with Crippen LogP contribution in [0.3, 0.4) is 0 Å². The van der Waals surface area contributed by atoms with Crippen molar-refractivity contribution in [2.45, 2.75) is 19.3 Å². The van der Waals surface area contributed by atoms with Crippen LogP contribution in [0, 0.1) is 0 Å². The third-order valence-electron chi connectivity index (χ3n) is 12.1. The molecule has 10 aromatic rings. The zero-order valence-corrected chi connectivity index (χ0v) is 32.7. The highest BCUT2D eigenvalue weighted by Gasteiger charge is 2.36. The molecule has 0 spiro atoms. The standard InChI is InChI=1S/C55H39NS/c1-55(2)47-26-14-11-22-42(47)43-34-33-40(35-48(43)55)56(49-27-15-12-21-41(49)38-31-29-37(30-32-38)36-17-5-3-6-18-36)53-51(39-19-7-4-8-20-39)44-23-9-10-24-45(44)54-52(53)46-25-13-16-28-50(46)57-54/h3-35H,1-2H3. The van der Waals surface area contributed by atoms with Gasteiger partial charge in [-0.3, -0.25) is 0 Å². The summed E-state index contributed by atoms with van der Waals surface area (Å²) in [6.45, 7) is 4.76. The maximum Gasteiger partial charge on any atom is 0.0639 e. The number of anilines is 3. The fourth-order valence-electron chi connectivity index (χ4n) is 9.35. The SMILES string of the molecule is CC1(C)c2ccccc2-c2ccc(N(c3ccccc3-c3ccc(-c4ccccc4)cc3)c3c(-c4ccccc4)c4ccccc4c4sc5ccccc5c34)cc21. The van der Waals surface area contributed by atoms with Crippen molar-refractivity contribution < 1.29 is 0 Å². The summed E-state index contributed by atoms with van der Waals surface area (Å²) in [5.74, 6) is 0. The number of para-hydroxylation sites is 1. The zero-order chi connectivity index (χ0) is 38.1. The lowest BCUT2D eigenvalue weighted by Gasteiger charge is -2.33. The second kappa shape index (κ2) is 13.2. The van der Waals surface area contributed by atoms with Crippen LogP contribution in [0.25, 0.3) is 75.5 Å². The van der Waals surface area contributed by atoms with Crippen LogP contribution in [0.1, 0.15) is 25.0 Å². The summed E-state index contributed by atoms with van der Waals surface area (Å²) < 4.78 is 2.60. The molecule has 0 atom stereocenters. The first-order chi connectivity index (χ1) is 28.1. The van der Waals surface area contributed by atoms with E-state index in [9.17, 15) is 0 Å². The van der Waals surface area contributed by atoms with Gasteiger partial charge in [0.05, 0.1) is 11.4 Å². The second-order valence-electron chi connectivity index (χ2n) is 15.6. The molecule has 0 saturated carbocycles. The number of hydrogen-bond donors (Lipinski definition) is 0. The van der Waals surface area contributed by atoms with Gasteiger partial charge >= 0.3 is 0 Å². The maximum absolute atomic E-state index is 2.59. The first-order valence-corrected chi connectivity index (χ1v) is 20.6. The van der Waals surface area contributed by atoms with E-state index >= 15 is 0 Å². The molecule has 0 amide bonds. The second-order valence-corrected chi connectivity index (χ2v) is 16.7. The van der Waals surface area contributed by atoms with Gasteiger partial charge in [-0.15, -0.1) is 11.3 Å². The van der Waals surface area contributed by atoms with Crippen molar-refractivity contribution in [1.29, 1.82) is 0 Å². The minimum atomic E-state index is -0.156.